The largest absolute Gasteiger partial charge is 0.458 e. The van der Waals surface area contributed by atoms with E-state index in [0.717, 1.165) is 0 Å². The zero-order valence-electron chi connectivity index (χ0n) is 12.7. The van der Waals surface area contributed by atoms with Crippen molar-refractivity contribution in [3.8, 4) is 0 Å². The van der Waals surface area contributed by atoms with E-state index in [-0.39, 0.29) is 24.3 Å². The van der Waals surface area contributed by atoms with Crippen LogP contribution in [0.2, 0.25) is 0 Å². The summed E-state index contributed by atoms with van der Waals surface area (Å²) in [7, 11) is 0. The van der Waals surface area contributed by atoms with Crippen LogP contribution in [0.5, 0.6) is 0 Å². The van der Waals surface area contributed by atoms with E-state index >= 15 is 0 Å². The van der Waals surface area contributed by atoms with Crippen molar-refractivity contribution in [2.24, 2.45) is 0 Å². The second-order valence-corrected chi connectivity index (χ2v) is 4.13. The van der Waals surface area contributed by atoms with E-state index in [1.54, 1.807) is 24.3 Å². The summed E-state index contributed by atoms with van der Waals surface area (Å²) >= 11 is 5.05. The van der Waals surface area contributed by atoms with Gasteiger partial charge in [0, 0.05) is 5.54 Å². The van der Waals surface area contributed by atoms with Crippen molar-refractivity contribution >= 4 is 23.5 Å². The van der Waals surface area contributed by atoms with Gasteiger partial charge in [-0.15, -0.1) is 0 Å². The van der Waals surface area contributed by atoms with Crippen LogP contribution in [0.1, 0.15) is 20.7 Å². The van der Waals surface area contributed by atoms with Crippen LogP contribution < -0.4 is 0 Å². The van der Waals surface area contributed by atoms with E-state index in [1.165, 1.54) is 29.8 Å². The van der Waals surface area contributed by atoms with Crippen molar-refractivity contribution in [2.45, 2.75) is 0 Å². The minimum absolute atomic E-state index is 0.0921. The molecule has 23 heavy (non-hydrogen) atoms. The second-order valence-electron chi connectivity index (χ2n) is 3.87. The smallest absolute Gasteiger partial charge is 0.339 e. The Hall–Kier alpha value is -2.59. The van der Waals surface area contributed by atoms with Gasteiger partial charge in [0.25, 0.3) is 0 Å². The zero-order valence-corrected chi connectivity index (χ0v) is 13.5. The predicted octanol–water partition coefficient (Wildman–Crippen LogP) is 4.30. The molecule has 1 aromatic carbocycles. The molecule has 0 atom stereocenters. The third kappa shape index (κ3) is 8.44. The van der Waals surface area contributed by atoms with Crippen LogP contribution in [-0.2, 0) is 9.47 Å². The fourth-order valence-corrected chi connectivity index (χ4v) is 1.42. The van der Waals surface area contributed by atoms with Crippen molar-refractivity contribution in [2.75, 3.05) is 13.2 Å². The van der Waals surface area contributed by atoms with Crippen molar-refractivity contribution in [3.63, 3.8) is 0 Å². The van der Waals surface area contributed by atoms with Crippen molar-refractivity contribution < 1.29 is 19.1 Å². The minimum atomic E-state index is -0.582. The third-order valence-corrected chi connectivity index (χ3v) is 2.39. The molecule has 1 rings (SSSR count). The molecule has 4 nitrogen and oxygen atoms in total. The van der Waals surface area contributed by atoms with Gasteiger partial charge in [-0.3, -0.25) is 0 Å². The highest BCUT2D eigenvalue weighted by molar-refractivity contribution is 6.25. The summed E-state index contributed by atoms with van der Waals surface area (Å²) in [5.74, 6) is -1.16. The summed E-state index contributed by atoms with van der Waals surface area (Å²) in [5, 5.41) is 0. The molecule has 0 unspecified atom stereocenters. The van der Waals surface area contributed by atoms with Gasteiger partial charge in [0.05, 0.1) is 11.1 Å². The summed E-state index contributed by atoms with van der Waals surface area (Å²) in [4.78, 5) is 23.4. The summed E-state index contributed by atoms with van der Waals surface area (Å²) in [6.07, 6.45) is 6.18. The number of hydrogen-bond acceptors (Lipinski definition) is 4. The number of hydrogen-bond donors (Lipinski definition) is 0. The number of benzene rings is 1. The van der Waals surface area contributed by atoms with Crippen molar-refractivity contribution in [1.82, 2.24) is 0 Å². The number of esters is 2. The summed E-state index contributed by atoms with van der Waals surface area (Å²) in [5.41, 5.74) is 1.76. The van der Waals surface area contributed by atoms with Gasteiger partial charge >= 0.3 is 11.9 Å². The first-order chi connectivity index (χ1) is 11.1. The molecule has 0 saturated carbocycles. The molecule has 0 bridgehead atoms. The first-order valence-corrected chi connectivity index (χ1v) is 7.08. The lowest BCUT2D eigenvalue weighted by Gasteiger charge is -2.07. The SMILES string of the molecule is C=CC=CCl.C=CCOC(=O)c1ccccc1C(=O)OCC=C. The molecule has 5 heteroatoms. The molecular formula is C18H19ClO4. The Labute approximate surface area is 141 Å². The monoisotopic (exact) mass is 334 g/mol. The van der Waals surface area contributed by atoms with Gasteiger partial charge < -0.3 is 9.47 Å². The first kappa shape index (κ1) is 20.4. The normalized spacial score (nSPS) is 9.26. The molecule has 0 fully saturated rings. The third-order valence-electron chi connectivity index (χ3n) is 2.24. The van der Waals surface area contributed by atoms with E-state index < -0.39 is 11.9 Å². The number of ether oxygens (including phenoxy) is 2. The molecule has 0 heterocycles. The summed E-state index contributed by atoms with van der Waals surface area (Å²) < 4.78 is 9.78. The molecular weight excluding hydrogens is 316 g/mol. The number of rotatable bonds is 7. The highest BCUT2D eigenvalue weighted by Gasteiger charge is 2.18. The standard InChI is InChI=1S/C14H14O4.C4H5Cl/c1-3-9-17-13(15)11-7-5-6-8-12(11)14(16)18-10-4-2;1-2-3-4-5/h3-8H,1-2,9-10H2;2-4H,1H2. The average Bonchev–Trinajstić information content (AvgIpc) is 2.58. The van der Waals surface area contributed by atoms with Crippen LogP contribution in [-0.4, -0.2) is 25.2 Å². The van der Waals surface area contributed by atoms with E-state index in [4.69, 9.17) is 21.1 Å². The lowest BCUT2D eigenvalue weighted by atomic mass is 10.1. The molecule has 0 aliphatic heterocycles. The number of carbonyl (C=O) groups excluding carboxylic acids is 2. The Kier molecular flexibility index (Phi) is 11.6. The maximum atomic E-state index is 11.7. The lowest BCUT2D eigenvalue weighted by molar-refractivity contribution is 0.0503. The molecule has 0 amide bonds. The van der Waals surface area contributed by atoms with E-state index in [2.05, 4.69) is 19.7 Å². The Bertz CT molecular complexity index is 533. The summed E-state index contributed by atoms with van der Waals surface area (Å²) in [6.45, 7) is 10.5. The van der Waals surface area contributed by atoms with Gasteiger partial charge in [-0.05, 0) is 12.1 Å². The highest BCUT2D eigenvalue weighted by atomic mass is 35.5. The average molecular weight is 335 g/mol. The van der Waals surface area contributed by atoms with Gasteiger partial charge in [-0.2, -0.15) is 0 Å². The number of halogens is 1. The Morgan fingerprint density at radius 2 is 1.39 bits per heavy atom. The van der Waals surface area contributed by atoms with Gasteiger partial charge in [0.15, 0.2) is 0 Å². The Morgan fingerprint density at radius 1 is 0.957 bits per heavy atom. The first-order valence-electron chi connectivity index (χ1n) is 6.65. The molecule has 0 saturated heterocycles. The topological polar surface area (TPSA) is 52.6 Å². The van der Waals surface area contributed by atoms with Crippen LogP contribution in [0.3, 0.4) is 0 Å². The lowest BCUT2D eigenvalue weighted by Crippen LogP contribution is -2.14. The maximum absolute atomic E-state index is 11.7. The second kappa shape index (κ2) is 13.1. The summed E-state index contributed by atoms with van der Waals surface area (Å²) in [6, 6.07) is 6.31. The van der Waals surface area contributed by atoms with Gasteiger partial charge in [-0.25, -0.2) is 9.59 Å². The van der Waals surface area contributed by atoms with Crippen LogP contribution in [0.4, 0.5) is 0 Å². The van der Waals surface area contributed by atoms with Crippen LogP contribution in [0.15, 0.2) is 73.8 Å². The van der Waals surface area contributed by atoms with Crippen molar-refractivity contribution in [1.29, 1.82) is 0 Å². The highest BCUT2D eigenvalue weighted by Crippen LogP contribution is 2.12. The molecule has 122 valence electrons. The maximum Gasteiger partial charge on any atom is 0.339 e. The van der Waals surface area contributed by atoms with Crippen molar-refractivity contribution in [3.05, 3.63) is 85.0 Å². The molecule has 0 radical (unpaired) electrons. The molecule has 1 aromatic rings. The van der Waals surface area contributed by atoms with Crippen LogP contribution in [0, 0.1) is 0 Å². The predicted molar refractivity (Wildman–Crippen MR) is 92.6 cm³/mol. The Morgan fingerprint density at radius 3 is 1.65 bits per heavy atom. The molecule has 0 aliphatic carbocycles. The van der Waals surface area contributed by atoms with Gasteiger partial charge in [-0.1, -0.05) is 67.8 Å². The molecule has 0 spiro atoms. The minimum Gasteiger partial charge on any atom is -0.458 e. The Balaban J connectivity index is 0.000000841. The fourth-order valence-electron chi connectivity index (χ4n) is 1.32. The molecule has 0 aromatic heterocycles. The number of allylic oxidation sites excluding steroid dienone is 2. The van der Waals surface area contributed by atoms with E-state index in [1.807, 2.05) is 0 Å². The number of carbonyl (C=O) groups is 2. The fraction of sp³-hybridized carbons (Fsp3) is 0.111. The van der Waals surface area contributed by atoms with E-state index in [9.17, 15) is 9.59 Å². The van der Waals surface area contributed by atoms with E-state index in [0.29, 0.717) is 0 Å². The van der Waals surface area contributed by atoms with Crippen LogP contribution >= 0.6 is 11.6 Å². The quantitative estimate of drug-likeness (QED) is 0.424. The molecule has 0 aliphatic rings. The van der Waals surface area contributed by atoms with Crippen LogP contribution in [0.25, 0.3) is 0 Å². The molecule has 0 N–H and O–H groups in total. The van der Waals surface area contributed by atoms with Gasteiger partial charge in [0.1, 0.15) is 13.2 Å². The van der Waals surface area contributed by atoms with Gasteiger partial charge in [0.2, 0.25) is 0 Å². The zero-order chi connectivity index (χ0) is 17.5.